The van der Waals surface area contributed by atoms with E-state index in [0.29, 0.717) is 11.3 Å². The van der Waals surface area contributed by atoms with Crippen molar-refractivity contribution in [2.45, 2.75) is 13.8 Å². The molecule has 0 fully saturated rings. The molecule has 2 aromatic rings. The van der Waals surface area contributed by atoms with Gasteiger partial charge < -0.3 is 15.4 Å². The Balaban J connectivity index is 2.10. The second-order valence-corrected chi connectivity index (χ2v) is 6.05. The van der Waals surface area contributed by atoms with Crippen molar-refractivity contribution in [1.29, 1.82) is 0 Å². The molecule has 0 heterocycles. The summed E-state index contributed by atoms with van der Waals surface area (Å²) in [5, 5.41) is 16.0. The van der Waals surface area contributed by atoms with Gasteiger partial charge in [0, 0.05) is 35.0 Å². The second kappa shape index (κ2) is 9.27. The normalized spacial score (nSPS) is 10.8. The van der Waals surface area contributed by atoms with Gasteiger partial charge in [-0.15, -0.1) is 0 Å². The van der Waals surface area contributed by atoms with Crippen molar-refractivity contribution in [2.24, 2.45) is 0 Å². The number of nitrogens with zero attached hydrogens (tertiary/aromatic N) is 1. The van der Waals surface area contributed by atoms with E-state index in [-0.39, 0.29) is 28.5 Å². The molecule has 9 nitrogen and oxygen atoms in total. The molecule has 2 rings (SSSR count). The topological polar surface area (TPSA) is 128 Å². The van der Waals surface area contributed by atoms with Gasteiger partial charge in [0.1, 0.15) is 5.75 Å². The number of amides is 2. The van der Waals surface area contributed by atoms with Crippen molar-refractivity contribution in [2.75, 3.05) is 17.7 Å². The number of nitrogens with one attached hydrogen (secondary N) is 2. The predicted molar refractivity (Wildman–Crippen MR) is 107 cm³/mol. The molecule has 2 amide bonds. The zero-order valence-electron chi connectivity index (χ0n) is 16.0. The van der Waals surface area contributed by atoms with Crippen molar-refractivity contribution in [1.82, 2.24) is 0 Å². The van der Waals surface area contributed by atoms with Crippen molar-refractivity contribution in [3.63, 3.8) is 0 Å². The van der Waals surface area contributed by atoms with E-state index >= 15 is 0 Å². The van der Waals surface area contributed by atoms with E-state index in [2.05, 4.69) is 10.6 Å². The monoisotopic (exact) mass is 397 g/mol. The Bertz CT molecular complexity index is 996. The highest BCUT2D eigenvalue weighted by atomic mass is 16.6. The largest absolute Gasteiger partial charge is 0.495 e. The lowest BCUT2D eigenvalue weighted by molar-refractivity contribution is -0.384. The number of hydrogen-bond donors (Lipinski definition) is 2. The zero-order valence-corrected chi connectivity index (χ0v) is 16.0. The van der Waals surface area contributed by atoms with Gasteiger partial charge in [-0.3, -0.25) is 24.5 Å². The number of Topliss-reactive ketones (excluding diaryl/α,β-unsaturated/α-hetero) is 1. The summed E-state index contributed by atoms with van der Waals surface area (Å²) < 4.78 is 5.09. The smallest absolute Gasteiger partial charge is 0.271 e. The fourth-order valence-corrected chi connectivity index (χ4v) is 2.36. The number of nitro groups is 1. The van der Waals surface area contributed by atoms with Gasteiger partial charge in [0.2, 0.25) is 5.91 Å². The van der Waals surface area contributed by atoms with Crippen LogP contribution in [-0.2, 0) is 9.59 Å². The van der Waals surface area contributed by atoms with E-state index in [1.807, 2.05) is 0 Å². The molecule has 0 aliphatic carbocycles. The lowest BCUT2D eigenvalue weighted by Crippen LogP contribution is -2.16. The van der Waals surface area contributed by atoms with Crippen LogP contribution in [0, 0.1) is 10.1 Å². The first-order valence-corrected chi connectivity index (χ1v) is 8.45. The van der Waals surface area contributed by atoms with Crippen LogP contribution in [0.1, 0.15) is 24.2 Å². The van der Waals surface area contributed by atoms with Crippen LogP contribution in [0.15, 0.2) is 54.1 Å². The summed E-state index contributed by atoms with van der Waals surface area (Å²) in [7, 11) is 1.37. The van der Waals surface area contributed by atoms with Gasteiger partial charge in [-0.25, -0.2) is 0 Å². The molecule has 29 heavy (non-hydrogen) atoms. The Labute approximate surface area is 166 Å². The number of carbonyl (C=O) groups is 3. The van der Waals surface area contributed by atoms with E-state index in [1.165, 1.54) is 39.2 Å². The molecule has 2 aromatic carbocycles. The van der Waals surface area contributed by atoms with E-state index in [0.717, 1.165) is 6.08 Å². The number of ether oxygens (including phenoxy) is 1. The maximum atomic E-state index is 12.3. The molecule has 0 bridgehead atoms. The van der Waals surface area contributed by atoms with Gasteiger partial charge in [-0.2, -0.15) is 0 Å². The minimum Gasteiger partial charge on any atom is -0.495 e. The summed E-state index contributed by atoms with van der Waals surface area (Å²) in [6, 6.07) is 10.1. The molecule has 0 radical (unpaired) electrons. The first-order valence-electron chi connectivity index (χ1n) is 8.45. The van der Waals surface area contributed by atoms with Crippen LogP contribution < -0.4 is 15.4 Å². The molecule has 0 aliphatic heterocycles. The first-order chi connectivity index (χ1) is 13.7. The Morgan fingerprint density at radius 3 is 2.24 bits per heavy atom. The molecule has 0 unspecified atom stereocenters. The number of anilines is 2. The van der Waals surface area contributed by atoms with Crippen molar-refractivity contribution in [3.05, 3.63) is 69.8 Å². The van der Waals surface area contributed by atoms with Crippen LogP contribution in [0.5, 0.6) is 5.75 Å². The number of benzene rings is 2. The SMILES string of the molecule is COc1ccc([N+](=O)[O-])cc1NC(=O)/C(C)=C\C(=O)Nc1ccc(C(C)=O)cc1. The fraction of sp³-hybridized carbons (Fsp3) is 0.150. The highest BCUT2D eigenvalue weighted by Gasteiger charge is 2.15. The molecule has 0 atom stereocenters. The van der Waals surface area contributed by atoms with Crippen molar-refractivity contribution < 1.29 is 24.0 Å². The number of nitro benzene ring substituents is 1. The lowest BCUT2D eigenvalue weighted by Gasteiger charge is -2.10. The first kappa shape index (κ1) is 21.3. The minimum absolute atomic E-state index is 0.0800. The Morgan fingerprint density at radius 1 is 1.03 bits per heavy atom. The second-order valence-electron chi connectivity index (χ2n) is 6.05. The van der Waals surface area contributed by atoms with Crippen LogP contribution in [0.25, 0.3) is 0 Å². The summed E-state index contributed by atoms with van der Waals surface area (Å²) in [6.45, 7) is 2.87. The summed E-state index contributed by atoms with van der Waals surface area (Å²) in [5.74, 6) is -1.01. The summed E-state index contributed by atoms with van der Waals surface area (Å²) in [5.41, 5.74) is 0.954. The van der Waals surface area contributed by atoms with Gasteiger partial charge in [0.25, 0.3) is 11.6 Å². The third-order valence-corrected chi connectivity index (χ3v) is 3.91. The van der Waals surface area contributed by atoms with E-state index in [4.69, 9.17) is 4.74 Å². The van der Waals surface area contributed by atoms with Gasteiger partial charge >= 0.3 is 0 Å². The molecular formula is C20H19N3O6. The molecule has 0 aromatic heterocycles. The van der Waals surface area contributed by atoms with Gasteiger partial charge in [-0.1, -0.05) is 0 Å². The number of carbonyl (C=O) groups excluding carboxylic acids is 3. The van der Waals surface area contributed by atoms with E-state index in [1.54, 1.807) is 24.3 Å². The number of hydrogen-bond acceptors (Lipinski definition) is 6. The van der Waals surface area contributed by atoms with Crippen molar-refractivity contribution >= 4 is 34.7 Å². The Morgan fingerprint density at radius 2 is 1.69 bits per heavy atom. The summed E-state index contributed by atoms with van der Waals surface area (Å²) in [6.07, 6.45) is 1.10. The highest BCUT2D eigenvalue weighted by molar-refractivity contribution is 6.10. The molecule has 2 N–H and O–H groups in total. The van der Waals surface area contributed by atoms with Gasteiger partial charge in [0.15, 0.2) is 5.78 Å². The molecule has 9 heteroatoms. The quantitative estimate of drug-likeness (QED) is 0.319. The zero-order chi connectivity index (χ0) is 21.6. The predicted octanol–water partition coefficient (Wildman–Crippen LogP) is 3.33. The molecule has 0 saturated heterocycles. The lowest BCUT2D eigenvalue weighted by atomic mass is 10.1. The molecule has 0 aliphatic rings. The molecular weight excluding hydrogens is 378 g/mol. The minimum atomic E-state index is -0.620. The molecule has 0 saturated carbocycles. The summed E-state index contributed by atoms with van der Waals surface area (Å²) in [4.78, 5) is 46.1. The van der Waals surface area contributed by atoms with Crippen LogP contribution in [-0.4, -0.2) is 29.6 Å². The third kappa shape index (κ3) is 5.73. The highest BCUT2D eigenvalue weighted by Crippen LogP contribution is 2.29. The number of ketones is 1. The van der Waals surface area contributed by atoms with Crippen LogP contribution >= 0.6 is 0 Å². The number of methoxy groups -OCH3 is 1. The average molecular weight is 397 g/mol. The van der Waals surface area contributed by atoms with E-state index in [9.17, 15) is 24.5 Å². The molecule has 0 spiro atoms. The van der Waals surface area contributed by atoms with Crippen LogP contribution in [0.2, 0.25) is 0 Å². The standard InChI is InChI=1S/C20H19N3O6/c1-12(10-19(25)21-15-6-4-14(5-7-15)13(2)24)20(26)22-17-11-16(23(27)28)8-9-18(17)29-3/h4-11H,1-3H3,(H,21,25)(H,22,26)/b12-10-. The van der Waals surface area contributed by atoms with E-state index < -0.39 is 16.7 Å². The maximum Gasteiger partial charge on any atom is 0.271 e. The molecule has 150 valence electrons. The van der Waals surface area contributed by atoms with Crippen LogP contribution in [0.4, 0.5) is 17.1 Å². The third-order valence-electron chi connectivity index (χ3n) is 3.91. The van der Waals surface area contributed by atoms with Crippen molar-refractivity contribution in [3.8, 4) is 5.75 Å². The number of rotatable bonds is 7. The van der Waals surface area contributed by atoms with Crippen LogP contribution in [0.3, 0.4) is 0 Å². The Kier molecular flexibility index (Phi) is 6.80. The fourth-order valence-electron chi connectivity index (χ4n) is 2.36. The number of non-ortho nitro benzene ring substituents is 1. The van der Waals surface area contributed by atoms with Gasteiger partial charge in [0.05, 0.1) is 17.7 Å². The average Bonchev–Trinajstić information content (AvgIpc) is 2.68. The maximum absolute atomic E-state index is 12.3. The summed E-state index contributed by atoms with van der Waals surface area (Å²) >= 11 is 0. The Hall–Kier alpha value is -4.01. The van der Waals surface area contributed by atoms with Gasteiger partial charge in [-0.05, 0) is 44.2 Å².